The highest BCUT2D eigenvalue weighted by Crippen LogP contribution is 2.43. The molecule has 2 heteroatoms. The van der Waals surface area contributed by atoms with Gasteiger partial charge in [-0.1, -0.05) is 107 Å². The highest BCUT2D eigenvalue weighted by atomic mass is 28.4. The Kier molecular flexibility index (Phi) is 6.02. The molecule has 1 aliphatic carbocycles. The van der Waals surface area contributed by atoms with Crippen molar-refractivity contribution in [2.24, 2.45) is 11.3 Å². The summed E-state index contributed by atoms with van der Waals surface area (Å²) in [5, 5.41) is 2.76. The summed E-state index contributed by atoms with van der Waals surface area (Å²) in [6.45, 7) is 15.0. The minimum Gasteiger partial charge on any atom is -0.407 e. The second-order valence-corrected chi connectivity index (χ2v) is 14.3. The van der Waals surface area contributed by atoms with E-state index in [0.29, 0.717) is 5.92 Å². The Labute approximate surface area is 173 Å². The zero-order valence-electron chi connectivity index (χ0n) is 18.5. The Bertz CT molecular complexity index is 760. The minimum atomic E-state index is -2.45. The van der Waals surface area contributed by atoms with Crippen molar-refractivity contribution in [3.8, 4) is 0 Å². The fourth-order valence-corrected chi connectivity index (χ4v) is 9.50. The Hall–Kier alpha value is -1.64. The molecule has 2 aromatic rings. The Morgan fingerprint density at radius 2 is 1.43 bits per heavy atom. The maximum Gasteiger partial charge on any atom is 0.261 e. The van der Waals surface area contributed by atoms with Crippen LogP contribution in [0.2, 0.25) is 5.04 Å². The van der Waals surface area contributed by atoms with Crippen molar-refractivity contribution in [2.45, 2.75) is 59.4 Å². The van der Waals surface area contributed by atoms with Gasteiger partial charge in [-0.25, -0.2) is 0 Å². The van der Waals surface area contributed by atoms with Crippen molar-refractivity contribution >= 4 is 18.7 Å². The van der Waals surface area contributed by atoms with Crippen LogP contribution in [0.4, 0.5) is 0 Å². The average molecular weight is 393 g/mol. The van der Waals surface area contributed by atoms with Crippen molar-refractivity contribution in [1.82, 2.24) is 0 Å². The van der Waals surface area contributed by atoms with Crippen molar-refractivity contribution in [2.75, 3.05) is 6.61 Å². The van der Waals surface area contributed by atoms with E-state index < -0.39 is 8.32 Å². The maximum absolute atomic E-state index is 7.21. The fraction of sp³-hybridized carbons (Fsp3) is 0.462. The monoisotopic (exact) mass is 392 g/mol. The summed E-state index contributed by atoms with van der Waals surface area (Å²) in [6.07, 6.45) is 4.85. The van der Waals surface area contributed by atoms with Gasteiger partial charge in [0.2, 0.25) is 0 Å². The van der Waals surface area contributed by atoms with E-state index >= 15 is 0 Å². The van der Waals surface area contributed by atoms with E-state index in [2.05, 4.69) is 108 Å². The molecule has 0 amide bonds. The molecule has 28 heavy (non-hydrogen) atoms. The number of hydrogen-bond acceptors (Lipinski definition) is 1. The maximum atomic E-state index is 7.21. The van der Waals surface area contributed by atoms with Gasteiger partial charge in [0.05, 0.1) is 0 Å². The molecule has 1 nitrogen and oxygen atoms in total. The zero-order chi connectivity index (χ0) is 20.4. The van der Waals surface area contributed by atoms with Gasteiger partial charge in [-0.3, -0.25) is 0 Å². The SMILES string of the molecule is CC1=CCCC(C)(C)[C@@H]1CO[Si](c1ccccc1)(c1ccccc1)C(C)(C)C. The van der Waals surface area contributed by atoms with Gasteiger partial charge in [0.1, 0.15) is 0 Å². The predicted octanol–water partition coefficient (Wildman–Crippen LogP) is 5.95. The topological polar surface area (TPSA) is 9.23 Å². The molecule has 0 saturated heterocycles. The molecule has 0 aliphatic heterocycles. The van der Waals surface area contributed by atoms with E-state index in [0.717, 1.165) is 6.61 Å². The third kappa shape index (κ3) is 3.90. The Balaban J connectivity index is 2.09. The van der Waals surface area contributed by atoms with E-state index in [1.165, 1.54) is 28.8 Å². The summed E-state index contributed by atoms with van der Waals surface area (Å²) >= 11 is 0. The van der Waals surface area contributed by atoms with Gasteiger partial charge in [0.25, 0.3) is 8.32 Å². The molecule has 0 aromatic heterocycles. The van der Waals surface area contributed by atoms with Gasteiger partial charge < -0.3 is 4.43 Å². The lowest BCUT2D eigenvalue weighted by molar-refractivity contribution is 0.135. The lowest BCUT2D eigenvalue weighted by Gasteiger charge is -2.46. The number of benzene rings is 2. The van der Waals surface area contributed by atoms with E-state index in [1.807, 2.05) is 0 Å². The third-order valence-corrected chi connectivity index (χ3v) is 11.6. The van der Waals surface area contributed by atoms with Gasteiger partial charge in [-0.15, -0.1) is 0 Å². The molecule has 0 unspecified atom stereocenters. The summed E-state index contributed by atoms with van der Waals surface area (Å²) < 4.78 is 7.21. The molecular weight excluding hydrogens is 356 g/mol. The smallest absolute Gasteiger partial charge is 0.261 e. The van der Waals surface area contributed by atoms with Crippen LogP contribution in [0.1, 0.15) is 54.4 Å². The Morgan fingerprint density at radius 1 is 0.929 bits per heavy atom. The van der Waals surface area contributed by atoms with Gasteiger partial charge >= 0.3 is 0 Å². The first kappa shape index (κ1) is 21.1. The number of hydrogen-bond donors (Lipinski definition) is 0. The summed E-state index contributed by atoms with van der Waals surface area (Å²) in [4.78, 5) is 0. The van der Waals surface area contributed by atoms with Crippen LogP contribution in [-0.2, 0) is 4.43 Å². The summed E-state index contributed by atoms with van der Waals surface area (Å²) in [6, 6.07) is 21.9. The van der Waals surface area contributed by atoms with E-state index in [1.54, 1.807) is 0 Å². The van der Waals surface area contributed by atoms with Crippen LogP contribution < -0.4 is 10.4 Å². The van der Waals surface area contributed by atoms with Crippen LogP contribution >= 0.6 is 0 Å². The second-order valence-electron chi connectivity index (χ2n) is 10.0. The molecule has 0 bridgehead atoms. The van der Waals surface area contributed by atoms with Gasteiger partial charge in [0, 0.05) is 12.5 Å². The molecule has 2 aromatic carbocycles. The molecular formula is C26H36OSi. The van der Waals surface area contributed by atoms with Crippen molar-refractivity contribution in [3.05, 3.63) is 72.3 Å². The quantitative estimate of drug-likeness (QED) is 0.451. The van der Waals surface area contributed by atoms with Gasteiger partial charge in [0.15, 0.2) is 0 Å². The van der Waals surface area contributed by atoms with Crippen LogP contribution in [0.25, 0.3) is 0 Å². The fourth-order valence-electron chi connectivity index (χ4n) is 4.93. The van der Waals surface area contributed by atoms with Crippen molar-refractivity contribution in [1.29, 1.82) is 0 Å². The van der Waals surface area contributed by atoms with Crippen molar-refractivity contribution in [3.63, 3.8) is 0 Å². The summed E-state index contributed by atoms with van der Waals surface area (Å²) in [5.41, 5.74) is 1.78. The first-order chi connectivity index (χ1) is 13.2. The molecule has 0 spiro atoms. The highest BCUT2D eigenvalue weighted by Gasteiger charge is 2.51. The Morgan fingerprint density at radius 3 is 1.86 bits per heavy atom. The predicted molar refractivity (Wildman–Crippen MR) is 124 cm³/mol. The second kappa shape index (κ2) is 8.00. The minimum absolute atomic E-state index is 0.0339. The lowest BCUT2D eigenvalue weighted by atomic mass is 9.69. The number of rotatable bonds is 5. The van der Waals surface area contributed by atoms with Crippen LogP contribution in [0, 0.1) is 11.3 Å². The van der Waals surface area contributed by atoms with Crippen LogP contribution in [0.3, 0.4) is 0 Å². The molecule has 0 heterocycles. The summed E-state index contributed by atoms with van der Waals surface area (Å²) in [5.74, 6) is 0.475. The van der Waals surface area contributed by atoms with Gasteiger partial charge in [-0.05, 0) is 40.6 Å². The highest BCUT2D eigenvalue weighted by molar-refractivity contribution is 6.99. The molecule has 3 rings (SSSR count). The van der Waals surface area contributed by atoms with Crippen LogP contribution in [0.15, 0.2) is 72.3 Å². The van der Waals surface area contributed by atoms with Gasteiger partial charge in [-0.2, -0.15) is 0 Å². The first-order valence-electron chi connectivity index (χ1n) is 10.6. The normalized spacial score (nSPS) is 19.9. The van der Waals surface area contributed by atoms with E-state index in [9.17, 15) is 0 Å². The number of allylic oxidation sites excluding steroid dienone is 1. The standard InChI is InChI=1S/C26H36OSi/c1-21-14-13-19-26(5,6)24(21)20-27-28(25(2,3)4,22-15-9-7-10-16-22)23-17-11-8-12-18-23/h7-12,14-18,24H,13,19-20H2,1-6H3/t24-/m1/s1. The average Bonchev–Trinajstić information content (AvgIpc) is 2.64. The first-order valence-corrected chi connectivity index (χ1v) is 12.5. The molecule has 1 atom stereocenters. The molecule has 1 aliphatic rings. The van der Waals surface area contributed by atoms with Crippen LogP contribution in [0.5, 0.6) is 0 Å². The molecule has 0 N–H and O–H groups in total. The lowest BCUT2D eigenvalue weighted by Crippen LogP contribution is -2.67. The van der Waals surface area contributed by atoms with E-state index in [-0.39, 0.29) is 10.5 Å². The molecule has 0 fully saturated rings. The summed E-state index contributed by atoms with van der Waals surface area (Å²) in [7, 11) is -2.45. The molecule has 150 valence electrons. The largest absolute Gasteiger partial charge is 0.407 e. The van der Waals surface area contributed by atoms with Crippen LogP contribution in [-0.4, -0.2) is 14.9 Å². The zero-order valence-corrected chi connectivity index (χ0v) is 19.5. The van der Waals surface area contributed by atoms with E-state index in [4.69, 9.17) is 4.43 Å². The van der Waals surface area contributed by atoms with Crippen molar-refractivity contribution < 1.29 is 4.43 Å². The molecule has 0 saturated carbocycles. The molecule has 0 radical (unpaired) electrons. The third-order valence-electron chi connectivity index (χ3n) is 6.63.